The van der Waals surface area contributed by atoms with Crippen LogP contribution in [0.5, 0.6) is 5.75 Å². The number of halogens is 8. The summed E-state index contributed by atoms with van der Waals surface area (Å²) < 4.78 is 196. The first-order chi connectivity index (χ1) is 21.0. The second-order valence-corrected chi connectivity index (χ2v) is 12.8. The number of nitrogens with zero attached hydrogens (tertiary/aromatic N) is 2. The van der Waals surface area contributed by atoms with Gasteiger partial charge in [-0.2, -0.15) is 22.0 Å². The molecule has 0 fully saturated rings. The van der Waals surface area contributed by atoms with E-state index in [0.717, 1.165) is 12.1 Å². The molecular formula is C24H21F8N3O6S2. The van der Waals surface area contributed by atoms with E-state index in [2.05, 4.69) is 14.5 Å². The molecule has 0 saturated heterocycles. The molecule has 236 valence electrons. The average molecular weight is 667 g/mol. The minimum absolute atomic E-state index is 0.00909. The van der Waals surface area contributed by atoms with Crippen LogP contribution in [0.4, 0.5) is 40.9 Å². The fourth-order valence-corrected chi connectivity index (χ4v) is 7.20. The second-order valence-electron chi connectivity index (χ2n) is 9.29. The van der Waals surface area contributed by atoms with Gasteiger partial charge in [-0.05, 0) is 37.5 Å². The largest absolute Gasteiger partial charge is 0.433 e. The quantitative estimate of drug-likeness (QED) is 0.307. The van der Waals surface area contributed by atoms with Crippen molar-refractivity contribution >= 4 is 25.9 Å². The molecule has 9 nitrogen and oxygen atoms in total. The minimum Gasteiger partial charge on any atom is -0.433 e. The van der Waals surface area contributed by atoms with Gasteiger partial charge in [0.25, 0.3) is 26.5 Å². The van der Waals surface area contributed by atoms with Crippen LogP contribution < -0.4 is 9.46 Å². The smallest absolute Gasteiger partial charge is 0.417 e. The van der Waals surface area contributed by atoms with Crippen molar-refractivity contribution in [3.8, 4) is 5.75 Å². The molecule has 2 heterocycles. The van der Waals surface area contributed by atoms with Crippen LogP contribution in [0.25, 0.3) is 0 Å². The van der Waals surface area contributed by atoms with Crippen molar-refractivity contribution in [3.05, 3.63) is 64.9 Å². The molecule has 0 radical (unpaired) electrons. The van der Waals surface area contributed by atoms with Gasteiger partial charge < -0.3 is 9.47 Å². The molecule has 43 heavy (non-hydrogen) atoms. The Kier molecular flexibility index (Phi) is 7.40. The highest BCUT2D eigenvalue weighted by Gasteiger charge is 2.58. The number of sulfonamides is 1. The summed E-state index contributed by atoms with van der Waals surface area (Å²) >= 11 is 0. The molecule has 0 spiro atoms. The lowest BCUT2D eigenvalue weighted by Crippen LogP contribution is -2.51. The Labute approximate surface area is 243 Å². The molecule has 19 heteroatoms. The second kappa shape index (κ2) is 11.2. The third-order valence-corrected chi connectivity index (χ3v) is 9.68. The molecule has 0 aliphatic heterocycles. The van der Waals surface area contributed by atoms with Crippen molar-refractivity contribution in [2.45, 2.75) is 60.8 Å². The first-order valence-electron chi connectivity index (χ1n) is 13.3. The molecule has 1 atom stereocenters. The number of benzene rings is 1. The molecule has 4 rings (SSSR count). The topological polar surface area (TPSA) is 117 Å². The number of hydrogen-bond donors (Lipinski definition) is 1. The highest BCUT2D eigenvalue weighted by Crippen LogP contribution is 2.46. The fourth-order valence-electron chi connectivity index (χ4n) is 4.42. The van der Waals surface area contributed by atoms with E-state index in [1.165, 1.54) is 16.9 Å². The molecule has 3 aromatic rings. The van der Waals surface area contributed by atoms with Gasteiger partial charge in [0.05, 0.1) is 9.01 Å². The Morgan fingerprint density at radius 3 is 2.33 bits per heavy atom. The lowest BCUT2D eigenvalue weighted by molar-refractivity contribution is -0.273. The van der Waals surface area contributed by atoms with Crippen molar-refractivity contribution < 1.29 is 65.5 Å². The first-order valence-corrected chi connectivity index (χ1v) is 14.7. The molecule has 0 amide bonds. The van der Waals surface area contributed by atoms with E-state index in [1.807, 2.05) is 0 Å². The number of aryl methyl sites for hydroxylation is 1. The highest BCUT2D eigenvalue weighted by molar-refractivity contribution is 7.93. The molecule has 1 N–H and O–H groups in total. The van der Waals surface area contributed by atoms with Gasteiger partial charge in [-0.15, -0.1) is 0 Å². The summed E-state index contributed by atoms with van der Waals surface area (Å²) in [5, 5.41) is 0. The van der Waals surface area contributed by atoms with Crippen LogP contribution in [0, 0.1) is 12.7 Å². The molecule has 2 aromatic heterocycles. The van der Waals surface area contributed by atoms with Crippen LogP contribution in [0.1, 0.15) is 39.5 Å². The Hall–Kier alpha value is -3.45. The van der Waals surface area contributed by atoms with Crippen molar-refractivity contribution in [2.24, 2.45) is 0 Å². The van der Waals surface area contributed by atoms with Gasteiger partial charge in [0, 0.05) is 31.4 Å². The van der Waals surface area contributed by atoms with E-state index in [4.69, 9.17) is 4.11 Å². The number of fused-ring (bicyclic) bond motifs is 1. The zero-order valence-corrected chi connectivity index (χ0v) is 23.1. The summed E-state index contributed by atoms with van der Waals surface area (Å²) in [6.07, 6.45) is -12.4. The highest BCUT2D eigenvalue weighted by atomic mass is 32.2. The van der Waals surface area contributed by atoms with E-state index >= 15 is 0 Å². The van der Waals surface area contributed by atoms with Crippen LogP contribution in [0.15, 0.2) is 46.3 Å². The maximum Gasteiger partial charge on any atom is 0.417 e. The van der Waals surface area contributed by atoms with E-state index in [1.54, 1.807) is 6.92 Å². The third-order valence-electron chi connectivity index (χ3n) is 6.58. The Morgan fingerprint density at radius 1 is 1.12 bits per heavy atom. The molecule has 0 saturated carbocycles. The van der Waals surface area contributed by atoms with Crippen molar-refractivity contribution in [1.82, 2.24) is 8.96 Å². The van der Waals surface area contributed by atoms with Gasteiger partial charge in [0.1, 0.15) is 4.90 Å². The van der Waals surface area contributed by atoms with Crippen molar-refractivity contribution in [1.29, 1.82) is 0 Å². The van der Waals surface area contributed by atoms with Gasteiger partial charge in [0.15, 0.2) is 28.7 Å². The van der Waals surface area contributed by atoms with E-state index in [9.17, 15) is 52.0 Å². The zero-order valence-electron chi connectivity index (χ0n) is 24.4. The molecule has 1 aliphatic rings. The summed E-state index contributed by atoms with van der Waals surface area (Å²) in [5.41, 5.74) is -5.97. The molecular weight excluding hydrogens is 642 g/mol. The van der Waals surface area contributed by atoms with Gasteiger partial charge >= 0.3 is 12.8 Å². The normalized spacial score (nSPS) is 19.1. The molecule has 0 unspecified atom stereocenters. The van der Waals surface area contributed by atoms with Crippen LogP contribution in [-0.4, -0.2) is 51.2 Å². The van der Waals surface area contributed by atoms with Gasteiger partial charge in [-0.1, -0.05) is 17.7 Å². The predicted molar refractivity (Wildman–Crippen MR) is 133 cm³/mol. The van der Waals surface area contributed by atoms with Gasteiger partial charge in [0.2, 0.25) is 0 Å². The number of nitrogens with one attached hydrogen (secondary N) is 1. The third kappa shape index (κ3) is 6.01. The number of alkyl halides is 7. The van der Waals surface area contributed by atoms with E-state index in [-0.39, 0.29) is 10.0 Å². The number of ether oxygens (including phenoxy) is 2. The summed E-state index contributed by atoms with van der Waals surface area (Å²) in [4.78, 5) is 1.45. The number of methoxy groups -OCH3 is 1. The Balaban J connectivity index is 1.92. The first kappa shape index (κ1) is 28.3. The predicted octanol–water partition coefficient (Wildman–Crippen LogP) is 5.34. The molecule has 0 bridgehead atoms. The van der Waals surface area contributed by atoms with Crippen molar-refractivity contribution in [2.75, 3.05) is 11.8 Å². The standard InChI is InChI=1S/C24H21F8N3O6S2/c1-12-3-5-13(6-4-12)43(38,39)35-11-18(14-7-8-23(40-2,10-16(14)35)24(30,31)32)42(36,37)34-21-15(25)9-17(41-22(28)29)19(33-21)20(26)27/h3-6,9,11,20,22H,7-8,10H2,1-2H3,(H,33,34)/t23-/m0/s1/i2D3. The zero-order chi connectivity index (χ0) is 34.6. The number of pyridine rings is 1. The number of rotatable bonds is 9. The SMILES string of the molecule is [2H]C([2H])([2H])O[C@@]1(C(F)(F)F)CCc2c(S(=O)(=O)Nc3nc(C(F)F)c(OC(F)F)cc3F)cn(S(=O)(=O)c3ccc(C)cc3)c2C1. The average Bonchev–Trinajstić information content (AvgIpc) is 3.29. The minimum atomic E-state index is -5.42. The molecule has 1 aliphatic carbocycles. The monoisotopic (exact) mass is 666 g/mol. The fraction of sp³-hybridized carbons (Fsp3) is 0.375. The van der Waals surface area contributed by atoms with Crippen LogP contribution in [0.2, 0.25) is 0 Å². The maximum absolute atomic E-state index is 14.7. The van der Waals surface area contributed by atoms with Gasteiger partial charge in [-0.25, -0.2) is 39.0 Å². The van der Waals surface area contributed by atoms with Crippen LogP contribution >= 0.6 is 0 Å². The maximum atomic E-state index is 14.7. The van der Waals surface area contributed by atoms with Crippen LogP contribution in [0.3, 0.4) is 0 Å². The molecule has 1 aromatic carbocycles. The Morgan fingerprint density at radius 2 is 1.77 bits per heavy atom. The number of anilines is 1. The van der Waals surface area contributed by atoms with E-state index in [0.29, 0.717) is 11.8 Å². The Bertz CT molecular complexity index is 1850. The van der Waals surface area contributed by atoms with Gasteiger partial charge in [-0.3, -0.25) is 4.72 Å². The van der Waals surface area contributed by atoms with E-state index < -0.39 is 115 Å². The summed E-state index contributed by atoms with van der Waals surface area (Å²) in [5.74, 6) is -4.67. The van der Waals surface area contributed by atoms with Crippen LogP contribution in [-0.2, 0) is 37.6 Å². The van der Waals surface area contributed by atoms with Crippen molar-refractivity contribution in [3.63, 3.8) is 0 Å². The summed E-state index contributed by atoms with van der Waals surface area (Å²) in [7, 11) is -13.8. The summed E-state index contributed by atoms with van der Waals surface area (Å²) in [6, 6.07) is 4.78. The lowest BCUT2D eigenvalue weighted by Gasteiger charge is -2.38. The lowest BCUT2D eigenvalue weighted by atomic mass is 9.83. The number of hydrogen-bond acceptors (Lipinski definition) is 7. The number of aromatic nitrogens is 2. The summed E-state index contributed by atoms with van der Waals surface area (Å²) in [6.45, 7) is -2.10.